The molecule has 0 saturated heterocycles. The van der Waals surface area contributed by atoms with Gasteiger partial charge in [0.2, 0.25) is 0 Å². The Hall–Kier alpha value is -1.08. The fraction of sp³-hybridized carbons (Fsp3) is 0.778. The van der Waals surface area contributed by atoms with Crippen molar-refractivity contribution in [1.82, 2.24) is 5.32 Å². The van der Waals surface area contributed by atoms with Crippen molar-refractivity contribution in [2.45, 2.75) is 31.2 Å². The van der Waals surface area contributed by atoms with E-state index in [1.54, 1.807) is 0 Å². The highest BCUT2D eigenvalue weighted by Crippen LogP contribution is 2.28. The molecule has 1 aliphatic rings. The summed E-state index contributed by atoms with van der Waals surface area (Å²) in [6.45, 7) is 0.129. The van der Waals surface area contributed by atoms with Crippen molar-refractivity contribution < 1.29 is 9.53 Å². The van der Waals surface area contributed by atoms with Crippen molar-refractivity contribution in [2.75, 3.05) is 13.7 Å². The van der Waals surface area contributed by atoms with Gasteiger partial charge in [-0.25, -0.2) is 0 Å². The fourth-order valence-corrected chi connectivity index (χ4v) is 1.62. The molecular weight excluding hydrogens is 168 g/mol. The second-order valence-electron chi connectivity index (χ2n) is 3.33. The minimum Gasteiger partial charge on any atom is -0.468 e. The Morgan fingerprint density at radius 3 is 2.69 bits per heavy atom. The molecule has 1 fully saturated rings. The Kier molecular flexibility index (Phi) is 3.26. The van der Waals surface area contributed by atoms with Gasteiger partial charge in [-0.15, -0.1) is 0 Å². The molecule has 0 spiro atoms. The number of hydrogen-bond donors (Lipinski definition) is 1. The van der Waals surface area contributed by atoms with Crippen LogP contribution in [0.5, 0.6) is 0 Å². The number of nitrogens with zero attached hydrogens (tertiary/aromatic N) is 1. The highest BCUT2D eigenvalue weighted by atomic mass is 16.5. The number of ether oxygens (including phenoxy) is 1. The maximum absolute atomic E-state index is 10.8. The van der Waals surface area contributed by atoms with Crippen molar-refractivity contribution in [3.05, 3.63) is 0 Å². The third kappa shape index (κ3) is 2.43. The van der Waals surface area contributed by atoms with E-state index >= 15 is 0 Å². The molecule has 0 atom stereocenters. The summed E-state index contributed by atoms with van der Waals surface area (Å²) < 4.78 is 4.49. The predicted molar refractivity (Wildman–Crippen MR) is 46.8 cm³/mol. The molecule has 4 nitrogen and oxygen atoms in total. The molecule has 13 heavy (non-hydrogen) atoms. The summed E-state index contributed by atoms with van der Waals surface area (Å²) in [6.07, 6.45) is 3.78. The molecule has 1 aliphatic carbocycles. The Morgan fingerprint density at radius 2 is 2.23 bits per heavy atom. The van der Waals surface area contributed by atoms with Crippen molar-refractivity contribution >= 4 is 5.97 Å². The first-order valence-corrected chi connectivity index (χ1v) is 4.45. The smallest absolute Gasteiger partial charge is 0.319 e. The summed E-state index contributed by atoms with van der Waals surface area (Å²) in [6, 6.07) is 2.24. The first-order chi connectivity index (χ1) is 6.22. The van der Waals surface area contributed by atoms with E-state index in [1.165, 1.54) is 7.11 Å². The zero-order valence-corrected chi connectivity index (χ0v) is 7.80. The number of nitrogens with one attached hydrogen (secondary N) is 1. The highest BCUT2D eigenvalue weighted by Gasteiger charge is 2.33. The number of carbonyl (C=O) groups excluding carboxylic acids is 1. The van der Waals surface area contributed by atoms with Gasteiger partial charge in [0.1, 0.15) is 5.54 Å². The van der Waals surface area contributed by atoms with Crippen LogP contribution in [0.1, 0.15) is 25.7 Å². The molecule has 0 heterocycles. The van der Waals surface area contributed by atoms with E-state index in [-0.39, 0.29) is 12.5 Å². The molecule has 0 aromatic carbocycles. The zero-order chi connectivity index (χ0) is 9.73. The normalized spacial score (nSPS) is 19.4. The summed E-state index contributed by atoms with van der Waals surface area (Å²) in [5.41, 5.74) is -0.478. The SMILES string of the molecule is COC(=O)CNC1(C#N)CCCC1. The lowest BCUT2D eigenvalue weighted by Crippen LogP contribution is -2.44. The van der Waals surface area contributed by atoms with Crippen LogP contribution in [0.25, 0.3) is 0 Å². The lowest BCUT2D eigenvalue weighted by Gasteiger charge is -2.20. The van der Waals surface area contributed by atoms with Crippen molar-refractivity contribution in [1.29, 1.82) is 5.26 Å². The van der Waals surface area contributed by atoms with E-state index in [0.717, 1.165) is 25.7 Å². The maximum atomic E-state index is 10.8. The standard InChI is InChI=1S/C9H14N2O2/c1-13-8(12)6-11-9(7-10)4-2-3-5-9/h11H,2-6H2,1H3. The summed E-state index contributed by atoms with van der Waals surface area (Å²) in [5, 5.41) is 11.9. The van der Waals surface area contributed by atoms with Gasteiger partial charge in [-0.05, 0) is 12.8 Å². The number of rotatable bonds is 3. The van der Waals surface area contributed by atoms with E-state index in [0.29, 0.717) is 0 Å². The van der Waals surface area contributed by atoms with Crippen LogP contribution in [0.3, 0.4) is 0 Å². The van der Waals surface area contributed by atoms with Crippen LogP contribution in [0, 0.1) is 11.3 Å². The van der Waals surface area contributed by atoms with Crippen LogP contribution in [0.4, 0.5) is 0 Å². The van der Waals surface area contributed by atoms with Gasteiger partial charge in [-0.2, -0.15) is 5.26 Å². The lowest BCUT2D eigenvalue weighted by molar-refractivity contribution is -0.139. The number of carbonyl (C=O) groups is 1. The molecule has 0 aromatic rings. The number of methoxy groups -OCH3 is 1. The summed E-state index contributed by atoms with van der Waals surface area (Å²) in [4.78, 5) is 10.8. The van der Waals surface area contributed by atoms with Gasteiger partial charge in [0.25, 0.3) is 0 Å². The molecular formula is C9H14N2O2. The van der Waals surface area contributed by atoms with Gasteiger partial charge in [-0.1, -0.05) is 12.8 Å². The van der Waals surface area contributed by atoms with Crippen LogP contribution in [-0.2, 0) is 9.53 Å². The molecule has 4 heteroatoms. The quantitative estimate of drug-likeness (QED) is 0.649. The molecule has 1 rings (SSSR count). The average molecular weight is 182 g/mol. The Bertz CT molecular complexity index is 226. The molecule has 0 aromatic heterocycles. The molecule has 0 amide bonds. The van der Waals surface area contributed by atoms with Crippen molar-refractivity contribution in [3.8, 4) is 6.07 Å². The first-order valence-electron chi connectivity index (χ1n) is 4.45. The molecule has 0 unspecified atom stereocenters. The van der Waals surface area contributed by atoms with E-state index in [9.17, 15) is 4.79 Å². The van der Waals surface area contributed by atoms with Gasteiger partial charge in [0.05, 0.1) is 19.7 Å². The number of nitriles is 1. The average Bonchev–Trinajstić information content (AvgIpc) is 2.63. The number of esters is 1. The molecule has 72 valence electrons. The summed E-state index contributed by atoms with van der Waals surface area (Å²) in [7, 11) is 1.34. The second kappa shape index (κ2) is 4.24. The lowest BCUT2D eigenvalue weighted by atomic mass is 10.0. The van der Waals surface area contributed by atoms with Crippen LogP contribution in [0.2, 0.25) is 0 Å². The van der Waals surface area contributed by atoms with Crippen molar-refractivity contribution in [3.63, 3.8) is 0 Å². The van der Waals surface area contributed by atoms with Crippen molar-refractivity contribution in [2.24, 2.45) is 0 Å². The van der Waals surface area contributed by atoms with E-state index in [2.05, 4.69) is 16.1 Å². The minimum atomic E-state index is -0.478. The molecule has 0 bridgehead atoms. The Morgan fingerprint density at radius 1 is 1.62 bits per heavy atom. The van der Waals surface area contributed by atoms with E-state index in [1.807, 2.05) is 0 Å². The second-order valence-corrected chi connectivity index (χ2v) is 3.33. The number of hydrogen-bond acceptors (Lipinski definition) is 4. The third-order valence-corrected chi connectivity index (χ3v) is 2.47. The van der Waals surface area contributed by atoms with Crippen LogP contribution >= 0.6 is 0 Å². The third-order valence-electron chi connectivity index (χ3n) is 2.47. The first kappa shape index (κ1) is 10.0. The maximum Gasteiger partial charge on any atom is 0.319 e. The minimum absolute atomic E-state index is 0.129. The Balaban J connectivity index is 2.41. The molecule has 1 N–H and O–H groups in total. The van der Waals surface area contributed by atoms with Crippen LogP contribution in [0.15, 0.2) is 0 Å². The predicted octanol–water partition coefficient (Wildman–Crippen LogP) is 0.585. The van der Waals surface area contributed by atoms with Gasteiger partial charge in [0.15, 0.2) is 0 Å². The summed E-state index contributed by atoms with van der Waals surface area (Å²) >= 11 is 0. The van der Waals surface area contributed by atoms with Crippen LogP contribution < -0.4 is 5.32 Å². The molecule has 1 saturated carbocycles. The van der Waals surface area contributed by atoms with Gasteiger partial charge >= 0.3 is 5.97 Å². The largest absolute Gasteiger partial charge is 0.468 e. The monoisotopic (exact) mass is 182 g/mol. The van der Waals surface area contributed by atoms with Gasteiger partial charge in [0, 0.05) is 0 Å². The fourth-order valence-electron chi connectivity index (χ4n) is 1.62. The van der Waals surface area contributed by atoms with Crippen LogP contribution in [-0.4, -0.2) is 25.2 Å². The van der Waals surface area contributed by atoms with E-state index < -0.39 is 5.54 Å². The highest BCUT2D eigenvalue weighted by molar-refractivity contribution is 5.71. The van der Waals surface area contributed by atoms with Gasteiger partial charge < -0.3 is 4.74 Å². The molecule has 0 radical (unpaired) electrons. The zero-order valence-electron chi connectivity index (χ0n) is 7.80. The topological polar surface area (TPSA) is 62.1 Å². The van der Waals surface area contributed by atoms with Gasteiger partial charge in [-0.3, -0.25) is 10.1 Å². The summed E-state index contributed by atoms with van der Waals surface area (Å²) in [5.74, 6) is -0.318. The Labute approximate surface area is 77.9 Å². The molecule has 0 aliphatic heterocycles. The van der Waals surface area contributed by atoms with E-state index in [4.69, 9.17) is 5.26 Å².